The van der Waals surface area contributed by atoms with Crippen LogP contribution in [0.15, 0.2) is 67.0 Å². The number of rotatable bonds is 7. The van der Waals surface area contributed by atoms with Crippen LogP contribution in [0.1, 0.15) is 11.1 Å². The topological polar surface area (TPSA) is 51.7 Å². The van der Waals surface area contributed by atoms with Crippen molar-refractivity contribution in [1.82, 2.24) is 9.88 Å². The van der Waals surface area contributed by atoms with Gasteiger partial charge < -0.3 is 14.4 Å². The summed E-state index contributed by atoms with van der Waals surface area (Å²) in [7, 11) is 3.23. The summed E-state index contributed by atoms with van der Waals surface area (Å²) in [6.45, 7) is 0.319. The molecule has 0 aliphatic heterocycles. The van der Waals surface area contributed by atoms with E-state index in [1.54, 1.807) is 62.8 Å². The Morgan fingerprint density at radius 2 is 2.00 bits per heavy atom. The number of likely N-dealkylation sites (N-methyl/N-ethyl adjacent to an activating group) is 1. The third kappa shape index (κ3) is 5.58. The molecule has 3 aromatic rings. The molecular weight excluding hydrogens is 407 g/mol. The molecule has 0 bridgehead atoms. The van der Waals surface area contributed by atoms with Crippen molar-refractivity contribution in [2.24, 2.45) is 0 Å². The first kappa shape index (κ1) is 21.3. The summed E-state index contributed by atoms with van der Waals surface area (Å²) in [5.41, 5.74) is 1.32. The van der Waals surface area contributed by atoms with E-state index in [0.717, 1.165) is 5.56 Å². The highest BCUT2D eigenvalue weighted by molar-refractivity contribution is 6.30. The van der Waals surface area contributed by atoms with Gasteiger partial charge >= 0.3 is 0 Å². The van der Waals surface area contributed by atoms with Gasteiger partial charge in [-0.2, -0.15) is 0 Å². The molecule has 1 aromatic heterocycles. The number of nitrogens with zero attached hydrogens (tertiary/aromatic N) is 2. The Labute approximate surface area is 179 Å². The lowest BCUT2D eigenvalue weighted by atomic mass is 10.1. The smallest absolute Gasteiger partial charge is 0.246 e. The van der Waals surface area contributed by atoms with Gasteiger partial charge in [0, 0.05) is 36.5 Å². The van der Waals surface area contributed by atoms with Gasteiger partial charge in [0.05, 0.1) is 13.3 Å². The highest BCUT2D eigenvalue weighted by Crippen LogP contribution is 2.25. The molecule has 0 aliphatic rings. The van der Waals surface area contributed by atoms with Gasteiger partial charge in [-0.15, -0.1) is 0 Å². The van der Waals surface area contributed by atoms with Gasteiger partial charge in [0.25, 0.3) is 0 Å². The molecule has 0 saturated carbocycles. The highest BCUT2D eigenvalue weighted by atomic mass is 35.5. The van der Waals surface area contributed by atoms with E-state index in [2.05, 4.69) is 4.98 Å². The Balaban J connectivity index is 1.65. The summed E-state index contributed by atoms with van der Waals surface area (Å²) < 4.78 is 25.1. The Hall–Kier alpha value is -3.38. The van der Waals surface area contributed by atoms with E-state index in [1.165, 1.54) is 29.3 Å². The van der Waals surface area contributed by atoms with Crippen molar-refractivity contribution in [1.29, 1.82) is 0 Å². The quantitative estimate of drug-likeness (QED) is 0.478. The zero-order valence-corrected chi connectivity index (χ0v) is 17.3. The van der Waals surface area contributed by atoms with Gasteiger partial charge in [0.1, 0.15) is 11.5 Å². The number of amides is 1. The monoisotopic (exact) mass is 426 g/mol. The molecule has 0 fully saturated rings. The Morgan fingerprint density at radius 3 is 2.70 bits per heavy atom. The minimum Gasteiger partial charge on any atom is -0.496 e. The highest BCUT2D eigenvalue weighted by Gasteiger charge is 2.11. The van der Waals surface area contributed by atoms with E-state index in [4.69, 9.17) is 21.1 Å². The normalized spacial score (nSPS) is 10.8. The number of hydrogen-bond donors (Lipinski definition) is 0. The van der Waals surface area contributed by atoms with Crippen LogP contribution in [0, 0.1) is 5.82 Å². The van der Waals surface area contributed by atoms with E-state index in [9.17, 15) is 9.18 Å². The fraction of sp³-hybridized carbons (Fsp3) is 0.130. The van der Waals surface area contributed by atoms with Gasteiger partial charge in [0.15, 0.2) is 11.6 Å². The molecule has 0 aliphatic carbocycles. The lowest BCUT2D eigenvalue weighted by molar-refractivity contribution is -0.125. The minimum absolute atomic E-state index is 0.0802. The van der Waals surface area contributed by atoms with Gasteiger partial charge in [-0.1, -0.05) is 17.7 Å². The Bertz CT molecular complexity index is 1060. The molecule has 1 amide bonds. The molecule has 2 aromatic carbocycles. The van der Waals surface area contributed by atoms with Crippen LogP contribution in [-0.4, -0.2) is 29.9 Å². The summed E-state index contributed by atoms with van der Waals surface area (Å²) in [4.78, 5) is 17.9. The molecular formula is C23H20ClFN2O3. The second-order valence-corrected chi connectivity index (χ2v) is 6.90. The summed E-state index contributed by atoms with van der Waals surface area (Å²) in [5.74, 6) is 0.387. The number of carbonyl (C=O) groups excluding carboxylic acids is 1. The van der Waals surface area contributed by atoms with Crippen molar-refractivity contribution in [3.8, 4) is 17.2 Å². The van der Waals surface area contributed by atoms with E-state index in [-0.39, 0.29) is 11.7 Å². The molecule has 0 saturated heterocycles. The first-order chi connectivity index (χ1) is 14.5. The lowest BCUT2D eigenvalue weighted by Crippen LogP contribution is -2.24. The van der Waals surface area contributed by atoms with Crippen LogP contribution in [0.4, 0.5) is 4.39 Å². The van der Waals surface area contributed by atoms with Gasteiger partial charge in [-0.05, 0) is 54.1 Å². The van der Waals surface area contributed by atoms with Crippen LogP contribution in [0.5, 0.6) is 17.2 Å². The van der Waals surface area contributed by atoms with Crippen molar-refractivity contribution in [2.45, 2.75) is 6.54 Å². The molecule has 0 radical (unpaired) electrons. The van der Waals surface area contributed by atoms with Crippen LogP contribution >= 0.6 is 11.6 Å². The largest absolute Gasteiger partial charge is 0.496 e. The van der Waals surface area contributed by atoms with Crippen molar-refractivity contribution in [3.05, 3.63) is 89.0 Å². The number of halogens is 2. The number of methoxy groups -OCH3 is 1. The molecule has 30 heavy (non-hydrogen) atoms. The molecule has 3 rings (SSSR count). The predicted molar refractivity (Wildman–Crippen MR) is 114 cm³/mol. The van der Waals surface area contributed by atoms with Crippen molar-refractivity contribution < 1.29 is 18.7 Å². The molecule has 0 N–H and O–H groups in total. The van der Waals surface area contributed by atoms with Crippen LogP contribution in [-0.2, 0) is 11.3 Å². The average Bonchev–Trinajstić information content (AvgIpc) is 2.74. The van der Waals surface area contributed by atoms with Gasteiger partial charge in [-0.25, -0.2) is 4.39 Å². The van der Waals surface area contributed by atoms with Crippen LogP contribution in [0.3, 0.4) is 0 Å². The number of benzene rings is 2. The number of carbonyl (C=O) groups is 1. The molecule has 1 heterocycles. The first-order valence-corrected chi connectivity index (χ1v) is 9.47. The van der Waals surface area contributed by atoms with Crippen LogP contribution in [0.25, 0.3) is 6.08 Å². The summed E-state index contributed by atoms with van der Waals surface area (Å²) >= 11 is 6.03. The number of pyridine rings is 1. The standard InChI is InChI=1S/C23H20ClFN2O3/c1-27(15-17-13-18(24)7-9-21(17)29-2)23(28)10-6-16-5-8-22(20(25)12-16)30-19-4-3-11-26-14-19/h3-14H,15H2,1-2H3/b10-6+. The maximum Gasteiger partial charge on any atom is 0.246 e. The zero-order valence-electron chi connectivity index (χ0n) is 16.5. The number of ether oxygens (including phenoxy) is 2. The summed E-state index contributed by atoms with van der Waals surface area (Å²) in [5, 5.41) is 0.561. The SMILES string of the molecule is COc1ccc(Cl)cc1CN(C)C(=O)/C=C/c1ccc(Oc2cccnc2)c(F)c1. The molecule has 0 unspecified atom stereocenters. The van der Waals surface area contributed by atoms with Crippen molar-refractivity contribution in [2.75, 3.05) is 14.2 Å². The zero-order chi connectivity index (χ0) is 21.5. The van der Waals surface area contributed by atoms with E-state index in [1.807, 2.05) is 0 Å². The molecule has 7 heteroatoms. The first-order valence-electron chi connectivity index (χ1n) is 9.09. The fourth-order valence-corrected chi connectivity index (χ4v) is 2.93. The fourth-order valence-electron chi connectivity index (χ4n) is 2.74. The maximum atomic E-state index is 14.3. The second-order valence-electron chi connectivity index (χ2n) is 6.46. The molecule has 0 spiro atoms. The minimum atomic E-state index is -0.537. The third-order valence-electron chi connectivity index (χ3n) is 4.26. The predicted octanol–water partition coefficient (Wildman–Crippen LogP) is 5.35. The van der Waals surface area contributed by atoms with E-state index >= 15 is 0 Å². The number of hydrogen-bond acceptors (Lipinski definition) is 4. The third-order valence-corrected chi connectivity index (χ3v) is 4.50. The summed E-state index contributed by atoms with van der Waals surface area (Å²) in [6.07, 6.45) is 6.03. The van der Waals surface area contributed by atoms with E-state index in [0.29, 0.717) is 28.6 Å². The molecule has 154 valence electrons. The van der Waals surface area contributed by atoms with Crippen LogP contribution < -0.4 is 9.47 Å². The number of aromatic nitrogens is 1. The second kappa shape index (κ2) is 9.89. The van der Waals surface area contributed by atoms with Crippen LogP contribution in [0.2, 0.25) is 5.02 Å². The van der Waals surface area contributed by atoms with Gasteiger partial charge in [0.2, 0.25) is 5.91 Å². The Kier molecular flexibility index (Phi) is 7.03. The molecule has 0 atom stereocenters. The molecule has 5 nitrogen and oxygen atoms in total. The van der Waals surface area contributed by atoms with Gasteiger partial charge in [-0.3, -0.25) is 9.78 Å². The Morgan fingerprint density at radius 1 is 1.20 bits per heavy atom. The van der Waals surface area contributed by atoms with Crippen molar-refractivity contribution in [3.63, 3.8) is 0 Å². The average molecular weight is 427 g/mol. The van der Waals surface area contributed by atoms with E-state index < -0.39 is 5.82 Å². The lowest BCUT2D eigenvalue weighted by Gasteiger charge is -2.17. The summed E-state index contributed by atoms with van der Waals surface area (Å²) in [6, 6.07) is 13.1. The van der Waals surface area contributed by atoms with Crippen molar-refractivity contribution >= 4 is 23.6 Å². The maximum absolute atomic E-state index is 14.3.